The van der Waals surface area contributed by atoms with Gasteiger partial charge in [0, 0.05) is 36.2 Å². The van der Waals surface area contributed by atoms with E-state index in [1.165, 1.54) is 5.57 Å². The highest BCUT2D eigenvalue weighted by molar-refractivity contribution is 6.30. The van der Waals surface area contributed by atoms with Gasteiger partial charge in [-0.3, -0.25) is 14.4 Å². The fourth-order valence-electron chi connectivity index (χ4n) is 13.2. The molecule has 9 atom stereocenters. The van der Waals surface area contributed by atoms with Gasteiger partial charge in [-0.1, -0.05) is 58.7 Å². The SMILES string of the molecule is CC(C)C1=C2C3CCC4C(C)(CCC5C(C)(C)C(OC(=O)CC(C)(C)C(=O)O)CCC54C)C3CCC2(C(O)CNC2(c3ncc(Cl)cn3)CC2)CC1=O. The van der Waals surface area contributed by atoms with Crippen molar-refractivity contribution >= 4 is 29.3 Å². The number of carbonyl (C=O) groups excluding carboxylic acids is 2. The van der Waals surface area contributed by atoms with Crippen molar-refractivity contribution in [2.75, 3.05) is 6.54 Å². The number of ether oxygens (including phenoxy) is 1. The number of nitrogens with one attached hydrogen (secondary N) is 1. The first-order valence-corrected chi connectivity index (χ1v) is 20.7. The van der Waals surface area contributed by atoms with Crippen LogP contribution in [-0.4, -0.2) is 56.7 Å². The molecular weight excluding hydrogens is 690 g/mol. The number of hydrogen-bond acceptors (Lipinski definition) is 8. The summed E-state index contributed by atoms with van der Waals surface area (Å²) >= 11 is 6.08. The van der Waals surface area contributed by atoms with Gasteiger partial charge in [0.2, 0.25) is 0 Å². The topological polar surface area (TPSA) is 139 Å². The number of esters is 1. The first-order chi connectivity index (χ1) is 24.7. The minimum Gasteiger partial charge on any atom is -0.481 e. The number of ketones is 1. The Hall–Kier alpha value is -2.36. The van der Waals surface area contributed by atoms with E-state index in [0.29, 0.717) is 41.6 Å². The molecule has 0 radical (unpaired) electrons. The highest BCUT2D eigenvalue weighted by atomic mass is 35.5. The van der Waals surface area contributed by atoms with E-state index in [-0.39, 0.29) is 51.9 Å². The van der Waals surface area contributed by atoms with Gasteiger partial charge in [0.05, 0.1) is 28.5 Å². The molecule has 6 aliphatic carbocycles. The molecule has 1 aromatic heterocycles. The summed E-state index contributed by atoms with van der Waals surface area (Å²) in [6, 6.07) is 0. The zero-order valence-corrected chi connectivity index (χ0v) is 33.9. The minimum absolute atomic E-state index is 0.0752. The van der Waals surface area contributed by atoms with Crippen LogP contribution in [0.5, 0.6) is 0 Å². The van der Waals surface area contributed by atoms with Crippen LogP contribution in [-0.2, 0) is 24.7 Å². The maximum Gasteiger partial charge on any atom is 0.309 e. The number of carboxylic acids is 1. The Kier molecular flexibility index (Phi) is 9.62. The Labute approximate surface area is 320 Å². The van der Waals surface area contributed by atoms with Gasteiger partial charge in [-0.25, -0.2) is 9.97 Å². The van der Waals surface area contributed by atoms with Crippen molar-refractivity contribution in [1.29, 1.82) is 0 Å². The summed E-state index contributed by atoms with van der Waals surface area (Å²) in [4.78, 5) is 47.8. The molecule has 53 heavy (non-hydrogen) atoms. The number of aliphatic hydroxyl groups excluding tert-OH is 1. The largest absolute Gasteiger partial charge is 0.481 e. The van der Waals surface area contributed by atoms with Crippen LogP contribution < -0.4 is 5.32 Å². The molecule has 1 aromatic rings. The average molecular weight is 752 g/mol. The molecule has 0 aliphatic heterocycles. The maximum atomic E-state index is 14.0. The van der Waals surface area contributed by atoms with Crippen molar-refractivity contribution in [3.8, 4) is 0 Å². The first-order valence-electron chi connectivity index (χ1n) is 20.3. The van der Waals surface area contributed by atoms with Crippen LogP contribution in [0.2, 0.25) is 5.02 Å². The second kappa shape index (κ2) is 13.1. The van der Waals surface area contributed by atoms with E-state index in [0.717, 1.165) is 69.8 Å². The summed E-state index contributed by atoms with van der Waals surface area (Å²) < 4.78 is 6.15. The summed E-state index contributed by atoms with van der Waals surface area (Å²) in [6.45, 7) is 17.4. The Morgan fingerprint density at radius 2 is 1.62 bits per heavy atom. The lowest BCUT2D eigenvalue weighted by Crippen LogP contribution is -2.63. The van der Waals surface area contributed by atoms with Crippen LogP contribution in [0.3, 0.4) is 0 Å². The number of allylic oxidation sites excluding steroid dienone is 1. The van der Waals surface area contributed by atoms with Crippen molar-refractivity contribution in [3.63, 3.8) is 0 Å². The molecule has 9 nitrogen and oxygen atoms in total. The molecule has 7 rings (SSSR count). The third kappa shape index (κ3) is 6.12. The Morgan fingerprint density at radius 3 is 2.25 bits per heavy atom. The molecule has 3 N–H and O–H groups in total. The predicted molar refractivity (Wildman–Crippen MR) is 203 cm³/mol. The molecule has 6 aliphatic rings. The van der Waals surface area contributed by atoms with Gasteiger partial charge in [0.1, 0.15) is 11.9 Å². The van der Waals surface area contributed by atoms with E-state index >= 15 is 0 Å². The molecule has 292 valence electrons. The van der Waals surface area contributed by atoms with Gasteiger partial charge >= 0.3 is 11.9 Å². The van der Waals surface area contributed by atoms with E-state index in [1.807, 2.05) is 0 Å². The van der Waals surface area contributed by atoms with Gasteiger partial charge in [-0.05, 0) is 124 Å². The Balaban J connectivity index is 1.12. The number of carboxylic acid groups (broad SMARTS) is 1. The Bertz CT molecular complexity index is 1680. The Morgan fingerprint density at radius 1 is 0.962 bits per heavy atom. The van der Waals surface area contributed by atoms with E-state index in [9.17, 15) is 24.6 Å². The van der Waals surface area contributed by atoms with Crippen molar-refractivity contribution < 1.29 is 29.3 Å². The highest BCUT2D eigenvalue weighted by Crippen LogP contribution is 2.73. The van der Waals surface area contributed by atoms with E-state index < -0.39 is 28.9 Å². The molecule has 0 spiro atoms. The lowest BCUT2D eigenvalue weighted by molar-refractivity contribution is -0.214. The smallest absolute Gasteiger partial charge is 0.309 e. The molecule has 0 amide bonds. The summed E-state index contributed by atoms with van der Waals surface area (Å²) in [5, 5.41) is 26.0. The monoisotopic (exact) mass is 751 g/mol. The van der Waals surface area contributed by atoms with E-state index in [1.54, 1.807) is 26.2 Å². The minimum atomic E-state index is -1.17. The van der Waals surface area contributed by atoms with Crippen LogP contribution in [0, 0.1) is 56.7 Å². The third-order valence-corrected chi connectivity index (χ3v) is 16.3. The fraction of sp³-hybridized carbons (Fsp3) is 0.791. The fourth-order valence-corrected chi connectivity index (χ4v) is 13.3. The number of rotatable bonds is 10. The van der Waals surface area contributed by atoms with Gasteiger partial charge in [-0.15, -0.1) is 0 Å². The molecule has 0 aromatic carbocycles. The lowest BCUT2D eigenvalue weighted by Gasteiger charge is -2.69. The number of Topliss-reactive ketones (excluding diaryl/α,β-unsaturated/α-hetero) is 1. The number of hydrogen-bond donors (Lipinski definition) is 3. The van der Waals surface area contributed by atoms with Gasteiger partial charge < -0.3 is 20.3 Å². The second-order valence-corrected chi connectivity index (χ2v) is 20.6. The number of halogens is 1. The van der Waals surface area contributed by atoms with E-state index in [4.69, 9.17) is 16.3 Å². The van der Waals surface area contributed by atoms with E-state index in [2.05, 4.69) is 56.8 Å². The van der Waals surface area contributed by atoms with Crippen LogP contribution >= 0.6 is 11.6 Å². The number of aromatic nitrogens is 2. The van der Waals surface area contributed by atoms with Gasteiger partial charge in [-0.2, -0.15) is 0 Å². The van der Waals surface area contributed by atoms with Crippen molar-refractivity contribution in [2.45, 2.75) is 150 Å². The maximum absolute atomic E-state index is 14.0. The lowest BCUT2D eigenvalue weighted by atomic mass is 9.36. The molecular formula is C43H62ClN3O6. The number of aliphatic carboxylic acids is 1. The summed E-state index contributed by atoms with van der Waals surface area (Å²) in [5.74, 6) is 1.22. The number of nitrogens with zero attached hydrogens (tertiary/aromatic N) is 2. The van der Waals surface area contributed by atoms with Crippen LogP contribution in [0.1, 0.15) is 138 Å². The quantitative estimate of drug-likeness (QED) is 0.203. The number of aliphatic hydroxyl groups is 1. The molecule has 1 heterocycles. The van der Waals surface area contributed by atoms with Gasteiger partial charge in [0.25, 0.3) is 0 Å². The summed E-state index contributed by atoms with van der Waals surface area (Å²) in [5.41, 5.74) is 0.123. The number of carbonyl (C=O) groups is 3. The molecule has 0 bridgehead atoms. The summed E-state index contributed by atoms with van der Waals surface area (Å²) in [7, 11) is 0. The number of fused-ring (bicyclic) bond motifs is 7. The van der Waals surface area contributed by atoms with Crippen LogP contribution in [0.4, 0.5) is 0 Å². The predicted octanol–water partition coefficient (Wildman–Crippen LogP) is 8.07. The van der Waals surface area contributed by atoms with Crippen molar-refractivity contribution in [2.24, 2.45) is 56.7 Å². The second-order valence-electron chi connectivity index (χ2n) is 20.1. The molecule has 9 unspecified atom stereocenters. The van der Waals surface area contributed by atoms with Gasteiger partial charge in [0.15, 0.2) is 5.78 Å². The van der Waals surface area contributed by atoms with Crippen molar-refractivity contribution in [1.82, 2.24) is 15.3 Å². The zero-order chi connectivity index (χ0) is 38.5. The molecule has 5 fully saturated rings. The zero-order valence-electron chi connectivity index (χ0n) is 33.2. The first kappa shape index (κ1) is 38.9. The van der Waals surface area contributed by atoms with Crippen LogP contribution in [0.25, 0.3) is 0 Å². The van der Waals surface area contributed by atoms with Crippen molar-refractivity contribution in [3.05, 3.63) is 34.4 Å². The third-order valence-electron chi connectivity index (χ3n) is 16.1. The standard InChI is InChI=1S/C43H62ClN3O6/c1-24(2)34-28(48)19-42(31(49)23-47-43(17-18-43)36-45-21-25(44)22-46-36)16-11-27-26(35(34)42)9-10-30-40(27,7)14-12-29-39(5,6)32(13-15-41(29,30)8)53-33(50)20-38(3,4)37(51)52/h21-22,24,26-27,29-32,47,49H,9-20,23H2,1-8H3,(H,51,52). The highest BCUT2D eigenvalue weighted by Gasteiger charge is 2.67. The molecule has 0 saturated heterocycles. The normalized spacial score (nSPS) is 37.6. The summed E-state index contributed by atoms with van der Waals surface area (Å²) in [6.07, 6.45) is 12.2. The molecule has 10 heteroatoms. The average Bonchev–Trinajstić information content (AvgIpc) is 3.79. The van der Waals surface area contributed by atoms with Crippen LogP contribution in [0.15, 0.2) is 23.5 Å². The molecule has 5 saturated carbocycles.